The number of nitrogens with one attached hydrogen (secondary N) is 1. The first kappa shape index (κ1) is 16.7. The highest BCUT2D eigenvalue weighted by atomic mass is 32.2. The fraction of sp³-hybridized carbons (Fsp3) is 0.500. The highest BCUT2D eigenvalue weighted by molar-refractivity contribution is 7.99. The number of likely N-dealkylation sites (N-methyl/N-ethyl adjacent to an activating group) is 1. The predicted octanol–water partition coefficient (Wildman–Crippen LogP) is 2.04. The Kier molecular flexibility index (Phi) is 6.12. The van der Waals surface area contributed by atoms with E-state index in [0.717, 1.165) is 12.2 Å². The van der Waals surface area contributed by atoms with Crippen LogP contribution in [0.25, 0.3) is 0 Å². The van der Waals surface area contributed by atoms with Crippen molar-refractivity contribution in [1.82, 2.24) is 15.1 Å². The van der Waals surface area contributed by atoms with Crippen LogP contribution in [0.1, 0.15) is 12.8 Å². The largest absolute Gasteiger partial charge is 0.344 e. The Bertz CT molecular complexity index is 509. The number of benzene rings is 1. The van der Waals surface area contributed by atoms with Gasteiger partial charge in [-0.1, -0.05) is 18.2 Å². The molecule has 120 valence electrons. The highest BCUT2D eigenvalue weighted by Gasteiger charge is 2.24. The molecular weight excluding hydrogens is 298 g/mol. The van der Waals surface area contributed by atoms with Crippen LogP contribution in [0.3, 0.4) is 0 Å². The molecule has 0 aromatic heterocycles. The minimum absolute atomic E-state index is 0.0550. The molecule has 2 rings (SSSR count). The van der Waals surface area contributed by atoms with Gasteiger partial charge in [-0.2, -0.15) is 0 Å². The molecule has 0 radical (unpaired) electrons. The average molecular weight is 321 g/mol. The molecule has 1 N–H and O–H groups in total. The zero-order valence-electron chi connectivity index (χ0n) is 13.1. The molecule has 0 saturated carbocycles. The predicted molar refractivity (Wildman–Crippen MR) is 89.0 cm³/mol. The zero-order valence-corrected chi connectivity index (χ0v) is 13.9. The number of urea groups is 1. The van der Waals surface area contributed by atoms with Gasteiger partial charge in [0.15, 0.2) is 0 Å². The molecule has 1 fully saturated rings. The second kappa shape index (κ2) is 8.08. The van der Waals surface area contributed by atoms with Gasteiger partial charge in [0, 0.05) is 50.3 Å². The smallest absolute Gasteiger partial charge is 0.317 e. The summed E-state index contributed by atoms with van der Waals surface area (Å²) in [7, 11) is 3.58. The van der Waals surface area contributed by atoms with E-state index in [0.29, 0.717) is 19.5 Å². The van der Waals surface area contributed by atoms with Gasteiger partial charge in [0.25, 0.3) is 0 Å². The van der Waals surface area contributed by atoms with E-state index in [1.54, 1.807) is 35.7 Å². The lowest BCUT2D eigenvalue weighted by molar-refractivity contribution is -0.132. The second-order valence-corrected chi connectivity index (χ2v) is 6.71. The number of hydrogen-bond donors (Lipinski definition) is 1. The first-order valence-electron chi connectivity index (χ1n) is 7.49. The molecule has 0 bridgehead atoms. The number of thioether (sulfide) groups is 1. The van der Waals surface area contributed by atoms with E-state index in [2.05, 4.69) is 17.4 Å². The Morgan fingerprint density at radius 1 is 1.41 bits per heavy atom. The number of carbonyl (C=O) groups excluding carboxylic acids is 2. The molecule has 1 aromatic carbocycles. The van der Waals surface area contributed by atoms with Gasteiger partial charge in [0.05, 0.1) is 0 Å². The lowest BCUT2D eigenvalue weighted by Gasteiger charge is -2.31. The summed E-state index contributed by atoms with van der Waals surface area (Å²) in [5.74, 6) is 1.01. The number of carbonyl (C=O) groups is 2. The van der Waals surface area contributed by atoms with Crippen LogP contribution in [0.4, 0.5) is 4.79 Å². The molecule has 1 aromatic rings. The van der Waals surface area contributed by atoms with Gasteiger partial charge in [-0.15, -0.1) is 11.8 Å². The number of amides is 3. The van der Waals surface area contributed by atoms with Crippen molar-refractivity contribution < 1.29 is 9.59 Å². The Hall–Kier alpha value is -1.69. The van der Waals surface area contributed by atoms with E-state index in [-0.39, 0.29) is 18.0 Å². The Labute approximate surface area is 136 Å². The van der Waals surface area contributed by atoms with Crippen molar-refractivity contribution >= 4 is 23.7 Å². The third-order valence-corrected chi connectivity index (χ3v) is 4.73. The van der Waals surface area contributed by atoms with Crippen LogP contribution in [0, 0.1) is 0 Å². The topological polar surface area (TPSA) is 52.7 Å². The van der Waals surface area contributed by atoms with E-state index < -0.39 is 0 Å². The zero-order chi connectivity index (χ0) is 15.9. The fourth-order valence-corrected chi connectivity index (χ4v) is 3.28. The summed E-state index contributed by atoms with van der Waals surface area (Å²) < 4.78 is 0. The molecule has 1 aliphatic heterocycles. The van der Waals surface area contributed by atoms with E-state index in [1.165, 1.54) is 4.90 Å². The average Bonchev–Trinajstić information content (AvgIpc) is 2.52. The normalized spacial score (nSPS) is 18.2. The molecule has 0 aliphatic carbocycles. The van der Waals surface area contributed by atoms with Crippen LogP contribution >= 0.6 is 11.8 Å². The molecule has 3 amide bonds. The van der Waals surface area contributed by atoms with Crippen LogP contribution in [-0.4, -0.2) is 60.7 Å². The van der Waals surface area contributed by atoms with Gasteiger partial charge >= 0.3 is 6.03 Å². The first-order chi connectivity index (χ1) is 10.6. The van der Waals surface area contributed by atoms with Crippen LogP contribution < -0.4 is 5.32 Å². The van der Waals surface area contributed by atoms with Crippen LogP contribution in [0.5, 0.6) is 0 Å². The van der Waals surface area contributed by atoms with Crippen molar-refractivity contribution in [3.8, 4) is 0 Å². The van der Waals surface area contributed by atoms with Gasteiger partial charge in [0.1, 0.15) is 0 Å². The number of likely N-dealkylation sites (tertiary alicyclic amines) is 1. The molecule has 1 heterocycles. The standard InChI is InChI=1S/C16H23N3O2S/c1-18(10-11-22-14-6-4-3-5-7-14)16(21)17-13-8-9-15(20)19(2)12-13/h3-7,13H,8-12H2,1-2H3,(H,17,21)/t13-/m1/s1. The molecule has 0 spiro atoms. The molecule has 1 atom stereocenters. The van der Waals surface area contributed by atoms with Crippen molar-refractivity contribution in [1.29, 1.82) is 0 Å². The maximum absolute atomic E-state index is 12.1. The van der Waals surface area contributed by atoms with E-state index >= 15 is 0 Å². The summed E-state index contributed by atoms with van der Waals surface area (Å²) in [5.41, 5.74) is 0. The van der Waals surface area contributed by atoms with E-state index in [1.807, 2.05) is 18.2 Å². The van der Waals surface area contributed by atoms with Crippen molar-refractivity contribution in [2.45, 2.75) is 23.8 Å². The molecule has 0 unspecified atom stereocenters. The molecular formula is C16H23N3O2S. The monoisotopic (exact) mass is 321 g/mol. The van der Waals surface area contributed by atoms with Crippen LogP contribution in [0.15, 0.2) is 35.2 Å². The summed E-state index contributed by atoms with van der Waals surface area (Å²) in [4.78, 5) is 28.2. The van der Waals surface area contributed by atoms with Gasteiger partial charge in [-0.05, 0) is 18.6 Å². The second-order valence-electron chi connectivity index (χ2n) is 5.54. The molecule has 22 heavy (non-hydrogen) atoms. The van der Waals surface area contributed by atoms with E-state index in [9.17, 15) is 9.59 Å². The summed E-state index contributed by atoms with van der Waals surface area (Å²) in [5, 5.41) is 3.00. The fourth-order valence-electron chi connectivity index (χ4n) is 2.33. The third-order valence-electron chi connectivity index (χ3n) is 3.74. The number of hydrogen-bond acceptors (Lipinski definition) is 3. The minimum Gasteiger partial charge on any atom is -0.344 e. The maximum atomic E-state index is 12.1. The lowest BCUT2D eigenvalue weighted by atomic mass is 10.1. The number of nitrogens with zero attached hydrogens (tertiary/aromatic N) is 2. The minimum atomic E-state index is -0.0681. The Balaban J connectivity index is 1.69. The summed E-state index contributed by atoms with van der Waals surface area (Å²) in [6.07, 6.45) is 1.23. The van der Waals surface area contributed by atoms with Gasteiger partial charge < -0.3 is 15.1 Å². The van der Waals surface area contributed by atoms with E-state index in [4.69, 9.17) is 0 Å². The van der Waals surface area contributed by atoms with Crippen molar-refractivity contribution in [3.63, 3.8) is 0 Å². The first-order valence-corrected chi connectivity index (χ1v) is 8.48. The van der Waals surface area contributed by atoms with Gasteiger partial charge in [-0.3, -0.25) is 4.79 Å². The Morgan fingerprint density at radius 2 is 2.14 bits per heavy atom. The third kappa shape index (κ3) is 4.94. The Morgan fingerprint density at radius 3 is 2.82 bits per heavy atom. The van der Waals surface area contributed by atoms with Crippen LogP contribution in [0.2, 0.25) is 0 Å². The molecule has 5 nitrogen and oxygen atoms in total. The quantitative estimate of drug-likeness (QED) is 0.845. The van der Waals surface area contributed by atoms with Gasteiger partial charge in [-0.25, -0.2) is 4.79 Å². The van der Waals surface area contributed by atoms with Gasteiger partial charge in [0.2, 0.25) is 5.91 Å². The highest BCUT2D eigenvalue weighted by Crippen LogP contribution is 2.16. The SMILES string of the molecule is CN1C[C@H](NC(=O)N(C)CCSc2ccccc2)CCC1=O. The summed E-state index contributed by atoms with van der Waals surface area (Å²) in [6, 6.07) is 10.1. The maximum Gasteiger partial charge on any atom is 0.317 e. The lowest BCUT2D eigenvalue weighted by Crippen LogP contribution is -2.51. The summed E-state index contributed by atoms with van der Waals surface area (Å²) >= 11 is 1.74. The number of rotatable bonds is 5. The molecule has 1 saturated heterocycles. The van der Waals surface area contributed by atoms with Crippen LogP contribution in [-0.2, 0) is 4.79 Å². The van der Waals surface area contributed by atoms with Crippen molar-refractivity contribution in [3.05, 3.63) is 30.3 Å². The number of piperidine rings is 1. The summed E-state index contributed by atoms with van der Waals surface area (Å²) in [6.45, 7) is 1.28. The van der Waals surface area contributed by atoms with Crippen molar-refractivity contribution in [2.24, 2.45) is 0 Å². The molecule has 6 heteroatoms. The van der Waals surface area contributed by atoms with Crippen molar-refractivity contribution in [2.75, 3.05) is 32.9 Å². The molecule has 1 aliphatic rings.